The summed E-state index contributed by atoms with van der Waals surface area (Å²) in [5.41, 5.74) is 9.69. The van der Waals surface area contributed by atoms with E-state index in [4.69, 9.17) is 11.1 Å². The van der Waals surface area contributed by atoms with Crippen LogP contribution < -0.4 is 11.1 Å². The average Bonchev–Trinajstić information content (AvgIpc) is 2.58. The smallest absolute Gasteiger partial charge is 0.0404 e. The Morgan fingerprint density at radius 3 is 2.83 bits per heavy atom. The fourth-order valence-corrected chi connectivity index (χ4v) is 3.18. The fraction of sp³-hybridized carbons (Fsp3) is 0.316. The summed E-state index contributed by atoms with van der Waals surface area (Å²) in [6.07, 6.45) is 3.69. The van der Waals surface area contributed by atoms with Crippen molar-refractivity contribution >= 4 is 17.6 Å². The van der Waals surface area contributed by atoms with Gasteiger partial charge in [-0.15, -0.1) is 0 Å². The minimum absolute atomic E-state index is 0.440. The number of nitrogens with zero attached hydrogens (tertiary/aromatic N) is 1. The standard InChI is InChI=1S/C19H24N4/c20-12-16-11-17(8-9-19(16)21)22-18-7-4-10-23(14-18)13-15-5-2-1-3-6-15/h1-3,5-6,8-9,11-12,18,20,22H,4,7,10,13-14,21H2. The Kier molecular flexibility index (Phi) is 4.93. The predicted octanol–water partition coefficient (Wildman–Crippen LogP) is 3.34. The molecule has 4 heteroatoms. The molecule has 1 aliphatic heterocycles. The molecule has 4 nitrogen and oxygen atoms in total. The van der Waals surface area contributed by atoms with Crippen LogP contribution in [0.3, 0.4) is 0 Å². The molecule has 0 aliphatic carbocycles. The molecule has 4 N–H and O–H groups in total. The van der Waals surface area contributed by atoms with Crippen LogP contribution in [0.1, 0.15) is 24.0 Å². The number of benzene rings is 2. The average molecular weight is 308 g/mol. The molecule has 1 heterocycles. The second-order valence-corrected chi connectivity index (χ2v) is 6.19. The summed E-state index contributed by atoms with van der Waals surface area (Å²) in [5.74, 6) is 0. The summed E-state index contributed by atoms with van der Waals surface area (Å²) < 4.78 is 0. The third-order valence-corrected chi connectivity index (χ3v) is 4.37. The number of hydrogen-bond acceptors (Lipinski definition) is 4. The van der Waals surface area contributed by atoms with Gasteiger partial charge in [0.2, 0.25) is 0 Å². The molecule has 23 heavy (non-hydrogen) atoms. The lowest BCUT2D eigenvalue weighted by atomic mass is 10.0. The van der Waals surface area contributed by atoms with E-state index in [0.29, 0.717) is 11.7 Å². The van der Waals surface area contributed by atoms with E-state index in [1.807, 2.05) is 18.2 Å². The highest BCUT2D eigenvalue weighted by Gasteiger charge is 2.19. The van der Waals surface area contributed by atoms with E-state index in [9.17, 15) is 0 Å². The summed E-state index contributed by atoms with van der Waals surface area (Å²) in [6.45, 7) is 3.20. The van der Waals surface area contributed by atoms with E-state index in [0.717, 1.165) is 30.9 Å². The van der Waals surface area contributed by atoms with Crippen LogP contribution in [-0.2, 0) is 6.54 Å². The van der Waals surface area contributed by atoms with Gasteiger partial charge in [-0.2, -0.15) is 0 Å². The normalized spacial score (nSPS) is 18.5. The lowest BCUT2D eigenvalue weighted by Crippen LogP contribution is -2.41. The molecule has 0 saturated carbocycles. The number of nitrogens with one attached hydrogen (secondary N) is 2. The Morgan fingerprint density at radius 2 is 2.04 bits per heavy atom. The van der Waals surface area contributed by atoms with Crippen molar-refractivity contribution < 1.29 is 0 Å². The predicted molar refractivity (Wildman–Crippen MR) is 97.1 cm³/mol. The number of nitrogens with two attached hydrogens (primary N) is 1. The third-order valence-electron chi connectivity index (χ3n) is 4.37. The SMILES string of the molecule is N=Cc1cc(NC2CCCN(Cc3ccccc3)C2)ccc1N. The molecular formula is C19H24N4. The molecule has 1 fully saturated rings. The van der Waals surface area contributed by atoms with E-state index in [-0.39, 0.29) is 0 Å². The Balaban J connectivity index is 1.61. The Labute approximate surface area is 137 Å². The van der Waals surface area contributed by atoms with Crippen molar-refractivity contribution in [1.82, 2.24) is 4.90 Å². The Bertz CT molecular complexity index is 654. The fourth-order valence-electron chi connectivity index (χ4n) is 3.18. The lowest BCUT2D eigenvalue weighted by molar-refractivity contribution is 0.208. The largest absolute Gasteiger partial charge is 0.398 e. The molecule has 120 valence electrons. The Hall–Kier alpha value is -2.33. The first-order chi connectivity index (χ1) is 11.2. The van der Waals surface area contributed by atoms with Crippen molar-refractivity contribution in [3.8, 4) is 0 Å². The van der Waals surface area contributed by atoms with Gasteiger partial charge in [-0.3, -0.25) is 4.90 Å². The summed E-state index contributed by atoms with van der Waals surface area (Å²) in [5, 5.41) is 11.0. The minimum Gasteiger partial charge on any atom is -0.398 e. The van der Waals surface area contributed by atoms with Crippen molar-refractivity contribution in [3.63, 3.8) is 0 Å². The van der Waals surface area contributed by atoms with Crippen LogP contribution in [0, 0.1) is 5.41 Å². The molecule has 0 radical (unpaired) electrons. The van der Waals surface area contributed by atoms with Crippen molar-refractivity contribution in [2.24, 2.45) is 0 Å². The van der Waals surface area contributed by atoms with Crippen LogP contribution in [0.15, 0.2) is 48.5 Å². The molecule has 2 aromatic carbocycles. The topological polar surface area (TPSA) is 65.1 Å². The first-order valence-corrected chi connectivity index (χ1v) is 8.17. The summed E-state index contributed by atoms with van der Waals surface area (Å²) >= 11 is 0. The van der Waals surface area contributed by atoms with Crippen molar-refractivity contribution in [1.29, 1.82) is 5.41 Å². The molecule has 0 amide bonds. The Morgan fingerprint density at radius 1 is 1.22 bits per heavy atom. The molecule has 0 bridgehead atoms. The van der Waals surface area contributed by atoms with E-state index < -0.39 is 0 Å². The maximum absolute atomic E-state index is 7.42. The number of rotatable bonds is 5. The van der Waals surface area contributed by atoms with Gasteiger partial charge in [0.05, 0.1) is 0 Å². The highest BCUT2D eigenvalue weighted by Crippen LogP contribution is 2.21. The number of likely N-dealkylation sites (tertiary alicyclic amines) is 1. The van der Waals surface area contributed by atoms with E-state index in [1.165, 1.54) is 24.6 Å². The van der Waals surface area contributed by atoms with Gasteiger partial charge in [0.15, 0.2) is 0 Å². The van der Waals surface area contributed by atoms with Gasteiger partial charge in [0, 0.05) is 42.3 Å². The first kappa shape index (κ1) is 15.6. The molecule has 1 atom stereocenters. The number of piperidine rings is 1. The van der Waals surface area contributed by atoms with Crippen LogP contribution in [0.2, 0.25) is 0 Å². The molecular weight excluding hydrogens is 284 g/mol. The van der Waals surface area contributed by atoms with Crippen LogP contribution in [-0.4, -0.2) is 30.2 Å². The van der Waals surface area contributed by atoms with Gasteiger partial charge in [-0.1, -0.05) is 30.3 Å². The highest BCUT2D eigenvalue weighted by molar-refractivity contribution is 5.86. The van der Waals surface area contributed by atoms with E-state index >= 15 is 0 Å². The molecule has 1 saturated heterocycles. The van der Waals surface area contributed by atoms with Crippen LogP contribution in [0.25, 0.3) is 0 Å². The summed E-state index contributed by atoms with van der Waals surface area (Å²) in [7, 11) is 0. The van der Waals surface area contributed by atoms with Crippen molar-refractivity contribution in [2.75, 3.05) is 24.1 Å². The molecule has 2 aromatic rings. The number of nitrogen functional groups attached to an aromatic ring is 1. The number of anilines is 2. The summed E-state index contributed by atoms with van der Waals surface area (Å²) in [4.78, 5) is 2.51. The van der Waals surface area contributed by atoms with Gasteiger partial charge >= 0.3 is 0 Å². The molecule has 3 rings (SSSR count). The molecule has 1 unspecified atom stereocenters. The van der Waals surface area contributed by atoms with Gasteiger partial charge in [0.1, 0.15) is 0 Å². The van der Waals surface area contributed by atoms with Gasteiger partial charge in [-0.25, -0.2) is 0 Å². The second-order valence-electron chi connectivity index (χ2n) is 6.19. The quantitative estimate of drug-likeness (QED) is 0.586. The third kappa shape index (κ3) is 4.11. The van der Waals surface area contributed by atoms with Gasteiger partial charge in [0.25, 0.3) is 0 Å². The monoisotopic (exact) mass is 308 g/mol. The van der Waals surface area contributed by atoms with Crippen LogP contribution in [0.5, 0.6) is 0 Å². The molecule has 0 aromatic heterocycles. The van der Waals surface area contributed by atoms with Crippen LogP contribution >= 0.6 is 0 Å². The second kappa shape index (κ2) is 7.29. The summed E-state index contributed by atoms with van der Waals surface area (Å²) in [6, 6.07) is 16.9. The van der Waals surface area contributed by atoms with Gasteiger partial charge in [-0.05, 0) is 43.1 Å². The maximum atomic E-state index is 7.42. The zero-order valence-corrected chi connectivity index (χ0v) is 13.3. The van der Waals surface area contributed by atoms with Crippen molar-refractivity contribution in [2.45, 2.75) is 25.4 Å². The number of hydrogen-bond donors (Lipinski definition) is 3. The van der Waals surface area contributed by atoms with Crippen molar-refractivity contribution in [3.05, 3.63) is 59.7 Å². The van der Waals surface area contributed by atoms with E-state index in [2.05, 4.69) is 40.5 Å². The van der Waals surface area contributed by atoms with Gasteiger partial charge < -0.3 is 16.5 Å². The first-order valence-electron chi connectivity index (χ1n) is 8.17. The minimum atomic E-state index is 0.440. The zero-order chi connectivity index (χ0) is 16.1. The maximum Gasteiger partial charge on any atom is 0.0404 e. The molecule has 0 spiro atoms. The molecule has 1 aliphatic rings. The lowest BCUT2D eigenvalue weighted by Gasteiger charge is -2.33. The van der Waals surface area contributed by atoms with Crippen LogP contribution in [0.4, 0.5) is 11.4 Å². The zero-order valence-electron chi connectivity index (χ0n) is 13.3. The van der Waals surface area contributed by atoms with E-state index in [1.54, 1.807) is 0 Å². The highest BCUT2D eigenvalue weighted by atomic mass is 15.2.